The summed E-state index contributed by atoms with van der Waals surface area (Å²) in [5, 5.41) is 18.9. The number of hydrazone groups is 1. The maximum atomic E-state index is 13.2. The summed E-state index contributed by atoms with van der Waals surface area (Å²) >= 11 is 0. The predicted molar refractivity (Wildman–Crippen MR) is 115 cm³/mol. The number of hydrogen-bond donors (Lipinski definition) is 3. The predicted octanol–water partition coefficient (Wildman–Crippen LogP) is 1.22. The second-order valence-corrected chi connectivity index (χ2v) is 7.48. The van der Waals surface area contributed by atoms with Crippen molar-refractivity contribution in [3.8, 4) is 5.82 Å². The lowest BCUT2D eigenvalue weighted by Crippen LogP contribution is -3.10. The molecule has 0 bridgehead atoms. The van der Waals surface area contributed by atoms with E-state index in [-0.39, 0.29) is 22.9 Å². The summed E-state index contributed by atoms with van der Waals surface area (Å²) in [6, 6.07) is 4.89. The lowest BCUT2D eigenvalue weighted by atomic mass is 10.1. The molecule has 0 atom stereocenters. The topological polar surface area (TPSA) is 142 Å². The van der Waals surface area contributed by atoms with E-state index in [9.17, 15) is 18.0 Å². The van der Waals surface area contributed by atoms with Gasteiger partial charge in [0.1, 0.15) is 12.2 Å². The first-order chi connectivity index (χ1) is 16.3. The third-order valence-electron chi connectivity index (χ3n) is 4.93. The highest BCUT2D eigenvalue weighted by Gasteiger charge is 2.32. The maximum absolute atomic E-state index is 13.2. The summed E-state index contributed by atoms with van der Waals surface area (Å²) in [6.45, 7) is 6.13. The molecule has 34 heavy (non-hydrogen) atoms. The van der Waals surface area contributed by atoms with E-state index < -0.39 is 17.6 Å². The SMILES string of the molecule is CCC[NH+](CCC)Cc1c(C(=O)NN=Cc2ccccc2C(F)(F)F)nnn1-c1nonc1N. The number of carbonyl (C=O) groups is 1. The van der Waals surface area contributed by atoms with E-state index in [0.717, 1.165) is 38.2 Å². The van der Waals surface area contributed by atoms with Gasteiger partial charge in [-0.3, -0.25) is 4.79 Å². The number of nitrogens with two attached hydrogens (primary N) is 1. The van der Waals surface area contributed by atoms with Crippen LogP contribution in [0.25, 0.3) is 5.82 Å². The van der Waals surface area contributed by atoms with E-state index >= 15 is 0 Å². The molecule has 1 aromatic carbocycles. The molecule has 0 aliphatic heterocycles. The average molecular weight is 480 g/mol. The summed E-state index contributed by atoms with van der Waals surface area (Å²) in [6.07, 6.45) is -1.81. The highest BCUT2D eigenvalue weighted by molar-refractivity contribution is 5.94. The van der Waals surface area contributed by atoms with Gasteiger partial charge in [0.05, 0.1) is 24.9 Å². The van der Waals surface area contributed by atoms with Crippen LogP contribution in [0.5, 0.6) is 0 Å². The van der Waals surface area contributed by atoms with Gasteiger partial charge in [-0.05, 0) is 29.2 Å². The number of nitrogen functional groups attached to an aromatic ring is 1. The molecule has 182 valence electrons. The van der Waals surface area contributed by atoms with Crippen molar-refractivity contribution < 1.29 is 27.5 Å². The largest absolute Gasteiger partial charge is 0.417 e. The fourth-order valence-electron chi connectivity index (χ4n) is 3.47. The van der Waals surface area contributed by atoms with Gasteiger partial charge >= 0.3 is 6.18 Å². The molecular formula is C20H25F3N9O2+. The number of amides is 1. The highest BCUT2D eigenvalue weighted by atomic mass is 19.4. The minimum atomic E-state index is -4.56. The van der Waals surface area contributed by atoms with E-state index in [4.69, 9.17) is 5.73 Å². The molecule has 0 aliphatic carbocycles. The van der Waals surface area contributed by atoms with Crippen LogP contribution in [0.2, 0.25) is 0 Å². The number of halogens is 3. The number of benzene rings is 1. The van der Waals surface area contributed by atoms with E-state index in [2.05, 4.69) is 35.8 Å². The lowest BCUT2D eigenvalue weighted by Gasteiger charge is -2.18. The van der Waals surface area contributed by atoms with E-state index in [0.29, 0.717) is 12.2 Å². The third kappa shape index (κ3) is 5.75. The first-order valence-electron chi connectivity index (χ1n) is 10.6. The van der Waals surface area contributed by atoms with Crippen LogP contribution in [0.1, 0.15) is 54.0 Å². The van der Waals surface area contributed by atoms with Crippen molar-refractivity contribution in [3.63, 3.8) is 0 Å². The molecule has 3 aromatic rings. The number of nitrogens with one attached hydrogen (secondary N) is 2. The van der Waals surface area contributed by atoms with E-state index in [1.54, 1.807) is 0 Å². The van der Waals surface area contributed by atoms with Gasteiger partial charge in [0.15, 0.2) is 5.69 Å². The first-order valence-corrected chi connectivity index (χ1v) is 10.6. The zero-order valence-corrected chi connectivity index (χ0v) is 18.6. The lowest BCUT2D eigenvalue weighted by molar-refractivity contribution is -0.914. The fourth-order valence-corrected chi connectivity index (χ4v) is 3.47. The van der Waals surface area contributed by atoms with Gasteiger partial charge in [-0.1, -0.05) is 37.3 Å². The van der Waals surface area contributed by atoms with Gasteiger partial charge in [-0.25, -0.2) is 10.1 Å². The van der Waals surface area contributed by atoms with Crippen LogP contribution in [-0.2, 0) is 12.7 Å². The first kappa shape index (κ1) is 24.8. The highest BCUT2D eigenvalue weighted by Crippen LogP contribution is 2.31. The zero-order chi connectivity index (χ0) is 24.7. The van der Waals surface area contributed by atoms with Crippen LogP contribution >= 0.6 is 0 Å². The third-order valence-corrected chi connectivity index (χ3v) is 4.93. The number of aromatic nitrogens is 5. The van der Waals surface area contributed by atoms with Crippen molar-refractivity contribution in [2.75, 3.05) is 18.8 Å². The number of anilines is 1. The quantitative estimate of drug-likeness (QED) is 0.293. The molecule has 2 aromatic heterocycles. The van der Waals surface area contributed by atoms with E-state index in [1.165, 1.54) is 27.8 Å². The van der Waals surface area contributed by atoms with Crippen LogP contribution in [0, 0.1) is 0 Å². The van der Waals surface area contributed by atoms with Crippen molar-refractivity contribution in [3.05, 3.63) is 46.8 Å². The zero-order valence-electron chi connectivity index (χ0n) is 18.6. The van der Waals surface area contributed by atoms with Crippen molar-refractivity contribution in [1.82, 2.24) is 30.7 Å². The molecular weight excluding hydrogens is 455 g/mol. The fraction of sp³-hybridized carbons (Fsp3) is 0.400. The monoisotopic (exact) mass is 480 g/mol. The van der Waals surface area contributed by atoms with Crippen molar-refractivity contribution >= 4 is 17.9 Å². The smallest absolute Gasteiger partial charge is 0.378 e. The van der Waals surface area contributed by atoms with Crippen LogP contribution in [-0.4, -0.2) is 50.5 Å². The van der Waals surface area contributed by atoms with Crippen molar-refractivity contribution in [2.24, 2.45) is 5.10 Å². The van der Waals surface area contributed by atoms with Crippen LogP contribution in [0.15, 0.2) is 34.0 Å². The summed E-state index contributed by atoms with van der Waals surface area (Å²) in [7, 11) is 0. The molecule has 0 saturated carbocycles. The minimum absolute atomic E-state index is 0.0348. The number of quaternary nitrogens is 1. The number of alkyl halides is 3. The Hall–Kier alpha value is -3.81. The Morgan fingerprint density at radius 3 is 2.56 bits per heavy atom. The number of carbonyl (C=O) groups excluding carboxylic acids is 1. The minimum Gasteiger partial charge on any atom is -0.378 e. The number of rotatable bonds is 10. The molecule has 0 unspecified atom stereocenters. The maximum Gasteiger partial charge on any atom is 0.417 e. The summed E-state index contributed by atoms with van der Waals surface area (Å²) in [4.78, 5) is 14.0. The van der Waals surface area contributed by atoms with Crippen molar-refractivity contribution in [1.29, 1.82) is 0 Å². The molecule has 0 fully saturated rings. The van der Waals surface area contributed by atoms with Gasteiger partial charge in [0.2, 0.25) is 11.6 Å². The van der Waals surface area contributed by atoms with Crippen LogP contribution < -0.4 is 16.1 Å². The summed E-state index contributed by atoms with van der Waals surface area (Å²) in [5.74, 6) is -0.701. The summed E-state index contributed by atoms with van der Waals surface area (Å²) in [5.41, 5.74) is 7.28. The normalized spacial score (nSPS) is 12.1. The van der Waals surface area contributed by atoms with Crippen LogP contribution in [0.4, 0.5) is 19.0 Å². The van der Waals surface area contributed by atoms with Gasteiger partial charge in [-0.2, -0.15) is 23.0 Å². The molecule has 0 radical (unpaired) electrons. The standard InChI is InChI=1S/C20H24F3N9O2/c1-3-9-31(10-4-2)12-15-16(26-30-32(15)18-17(24)28-34-29-18)19(33)27-25-11-13-7-5-6-8-14(13)20(21,22)23/h5-8,11H,3-4,9-10,12H2,1-2H3,(H2,24,28)(H,27,33)/p+1. The molecule has 3 rings (SSSR count). The molecule has 14 heteroatoms. The van der Waals surface area contributed by atoms with Gasteiger partial charge < -0.3 is 10.6 Å². The second kappa shape index (κ2) is 10.9. The van der Waals surface area contributed by atoms with E-state index in [1.807, 2.05) is 13.8 Å². The Morgan fingerprint density at radius 2 is 1.94 bits per heavy atom. The molecule has 4 N–H and O–H groups in total. The Bertz CT molecular complexity index is 1130. The Labute approximate surface area is 192 Å². The van der Waals surface area contributed by atoms with Gasteiger partial charge in [0.25, 0.3) is 5.91 Å². The molecule has 1 amide bonds. The molecule has 0 spiro atoms. The van der Waals surface area contributed by atoms with Gasteiger partial charge in [0, 0.05) is 5.56 Å². The average Bonchev–Trinajstić information content (AvgIpc) is 3.39. The molecule has 0 aliphatic rings. The molecule has 11 nitrogen and oxygen atoms in total. The molecule has 0 saturated heterocycles. The number of nitrogens with zero attached hydrogens (tertiary/aromatic N) is 6. The van der Waals surface area contributed by atoms with Gasteiger partial charge in [-0.15, -0.1) is 5.10 Å². The molecule has 2 heterocycles. The summed E-state index contributed by atoms with van der Waals surface area (Å²) < 4.78 is 45.4. The number of hydrogen-bond acceptors (Lipinski definition) is 8. The Balaban J connectivity index is 1.89. The Morgan fingerprint density at radius 1 is 1.24 bits per heavy atom. The second-order valence-electron chi connectivity index (χ2n) is 7.48. The van der Waals surface area contributed by atoms with Crippen LogP contribution in [0.3, 0.4) is 0 Å². The Kier molecular flexibility index (Phi) is 7.94. The van der Waals surface area contributed by atoms with Crippen molar-refractivity contribution in [2.45, 2.75) is 39.4 Å².